The Balaban J connectivity index is 1.89. The molecular formula is C21H26ClN4O3+. The van der Waals surface area contributed by atoms with E-state index in [4.69, 9.17) is 11.6 Å². The van der Waals surface area contributed by atoms with Gasteiger partial charge < -0.3 is 20.9 Å². The predicted molar refractivity (Wildman–Crippen MR) is 115 cm³/mol. The van der Waals surface area contributed by atoms with Gasteiger partial charge in [0.25, 0.3) is 17.7 Å². The maximum absolute atomic E-state index is 12.4. The zero-order valence-corrected chi connectivity index (χ0v) is 17.5. The molecule has 2 aromatic rings. The summed E-state index contributed by atoms with van der Waals surface area (Å²) in [5.41, 5.74) is 2.69. The van der Waals surface area contributed by atoms with E-state index >= 15 is 0 Å². The Morgan fingerprint density at radius 1 is 0.966 bits per heavy atom. The van der Waals surface area contributed by atoms with Crippen LogP contribution in [-0.4, -0.2) is 44.4 Å². The lowest BCUT2D eigenvalue weighted by Gasteiger charge is -2.17. The van der Waals surface area contributed by atoms with Crippen molar-refractivity contribution in [3.05, 3.63) is 58.6 Å². The van der Waals surface area contributed by atoms with Crippen molar-refractivity contribution in [3.8, 4) is 0 Å². The normalized spacial score (nSPS) is 11.4. The van der Waals surface area contributed by atoms with Gasteiger partial charge >= 0.3 is 0 Å². The van der Waals surface area contributed by atoms with E-state index in [1.807, 2.05) is 19.9 Å². The molecule has 0 aromatic heterocycles. The third-order valence-electron chi connectivity index (χ3n) is 4.45. The van der Waals surface area contributed by atoms with Crippen LogP contribution in [0.1, 0.15) is 22.8 Å². The number of carbonyl (C=O) groups is 3. The second-order valence-corrected chi connectivity index (χ2v) is 7.11. The van der Waals surface area contributed by atoms with Crippen LogP contribution in [0.25, 0.3) is 0 Å². The Morgan fingerprint density at radius 3 is 2.17 bits per heavy atom. The molecule has 154 valence electrons. The van der Waals surface area contributed by atoms with Crippen molar-refractivity contribution in [3.63, 3.8) is 0 Å². The molecule has 29 heavy (non-hydrogen) atoms. The van der Waals surface area contributed by atoms with Gasteiger partial charge in [0, 0.05) is 29.0 Å². The maximum Gasteiger partial charge on any atom is 0.279 e. The van der Waals surface area contributed by atoms with E-state index in [0.717, 1.165) is 10.5 Å². The molecule has 7 nitrogen and oxygen atoms in total. The summed E-state index contributed by atoms with van der Waals surface area (Å²) >= 11 is 5.98. The van der Waals surface area contributed by atoms with Crippen molar-refractivity contribution >= 4 is 40.7 Å². The summed E-state index contributed by atoms with van der Waals surface area (Å²) in [7, 11) is 1.56. The number of likely N-dealkylation sites (N-methyl/N-ethyl adjacent to an activating group) is 1. The Hall–Kier alpha value is -2.90. The second kappa shape index (κ2) is 10.6. The van der Waals surface area contributed by atoms with Gasteiger partial charge in [0.1, 0.15) is 0 Å². The number of carbonyl (C=O) groups excluding carboxylic acids is 3. The van der Waals surface area contributed by atoms with Gasteiger partial charge in [0.2, 0.25) is 0 Å². The molecule has 0 bridgehead atoms. The zero-order chi connectivity index (χ0) is 21.4. The number of anilines is 2. The molecule has 1 unspecified atom stereocenters. The second-order valence-electron chi connectivity index (χ2n) is 6.67. The molecular weight excluding hydrogens is 392 g/mol. The molecule has 0 spiro atoms. The van der Waals surface area contributed by atoms with E-state index in [1.54, 1.807) is 43.4 Å². The highest BCUT2D eigenvalue weighted by Crippen LogP contribution is 2.19. The molecule has 0 aliphatic rings. The van der Waals surface area contributed by atoms with Crippen LogP contribution in [0.2, 0.25) is 5.02 Å². The van der Waals surface area contributed by atoms with Gasteiger partial charge in [-0.15, -0.1) is 0 Å². The third-order valence-corrected chi connectivity index (χ3v) is 4.69. The van der Waals surface area contributed by atoms with Gasteiger partial charge in [0.15, 0.2) is 13.1 Å². The lowest BCUT2D eigenvalue weighted by Crippen LogP contribution is -3.13. The Morgan fingerprint density at radius 2 is 1.59 bits per heavy atom. The molecule has 8 heteroatoms. The van der Waals surface area contributed by atoms with Crippen LogP contribution in [0.15, 0.2) is 42.5 Å². The van der Waals surface area contributed by atoms with E-state index < -0.39 is 0 Å². The van der Waals surface area contributed by atoms with Crippen LogP contribution in [0.5, 0.6) is 0 Å². The maximum atomic E-state index is 12.4. The van der Waals surface area contributed by atoms with Gasteiger partial charge in [-0.3, -0.25) is 14.4 Å². The van der Waals surface area contributed by atoms with Crippen molar-refractivity contribution < 1.29 is 19.3 Å². The number of rotatable bonds is 8. The van der Waals surface area contributed by atoms with Gasteiger partial charge in [-0.05, 0) is 55.8 Å². The molecule has 0 aliphatic carbocycles. The molecule has 0 saturated carbocycles. The SMILES string of the molecule is CC[NH+](CC(=O)Nc1ccc(C(=O)NC)cc1)CC(=O)Nc1cc(Cl)ccc1C. The number of amides is 3. The van der Waals surface area contributed by atoms with Crippen LogP contribution >= 0.6 is 11.6 Å². The van der Waals surface area contributed by atoms with Crippen molar-refractivity contribution in [2.24, 2.45) is 0 Å². The van der Waals surface area contributed by atoms with Gasteiger partial charge in [-0.2, -0.15) is 0 Å². The van der Waals surface area contributed by atoms with E-state index in [2.05, 4.69) is 16.0 Å². The number of hydrogen-bond donors (Lipinski definition) is 4. The van der Waals surface area contributed by atoms with Crippen LogP contribution in [0.3, 0.4) is 0 Å². The fraction of sp³-hybridized carbons (Fsp3) is 0.286. The predicted octanol–water partition coefficient (Wildman–Crippen LogP) is 1.49. The number of aryl methyl sites for hydroxylation is 1. The first-order valence-corrected chi connectivity index (χ1v) is 9.71. The Labute approximate surface area is 175 Å². The van der Waals surface area contributed by atoms with E-state index in [0.29, 0.717) is 28.5 Å². The molecule has 0 aliphatic heterocycles. The summed E-state index contributed by atoms with van der Waals surface area (Å²) in [4.78, 5) is 37.1. The van der Waals surface area contributed by atoms with E-state index in [1.165, 1.54) is 0 Å². The molecule has 0 fully saturated rings. The lowest BCUT2D eigenvalue weighted by molar-refractivity contribution is -0.881. The smallest absolute Gasteiger partial charge is 0.279 e. The van der Waals surface area contributed by atoms with Crippen molar-refractivity contribution in [1.82, 2.24) is 5.32 Å². The first-order chi connectivity index (χ1) is 13.8. The minimum atomic E-state index is -0.207. The Bertz CT molecular complexity index is 884. The summed E-state index contributed by atoms with van der Waals surface area (Å²) in [6, 6.07) is 11.9. The molecule has 0 radical (unpaired) electrons. The van der Waals surface area contributed by atoms with Crippen molar-refractivity contribution in [2.75, 3.05) is 37.3 Å². The summed E-state index contributed by atoms with van der Waals surface area (Å²) in [6.45, 7) is 4.73. The van der Waals surface area contributed by atoms with Crippen LogP contribution < -0.4 is 20.9 Å². The summed E-state index contributed by atoms with van der Waals surface area (Å²) in [6.07, 6.45) is 0. The van der Waals surface area contributed by atoms with Crippen LogP contribution in [0.4, 0.5) is 11.4 Å². The highest BCUT2D eigenvalue weighted by atomic mass is 35.5. The van der Waals surface area contributed by atoms with Gasteiger partial charge in [-0.1, -0.05) is 17.7 Å². The third kappa shape index (κ3) is 6.89. The molecule has 1 atom stereocenters. The number of nitrogens with one attached hydrogen (secondary N) is 4. The zero-order valence-electron chi connectivity index (χ0n) is 16.8. The highest BCUT2D eigenvalue weighted by molar-refractivity contribution is 6.31. The molecule has 0 saturated heterocycles. The molecule has 3 amide bonds. The number of quaternary nitrogens is 1. The average Bonchev–Trinajstić information content (AvgIpc) is 2.70. The molecule has 0 heterocycles. The largest absolute Gasteiger partial charge is 0.355 e. The summed E-state index contributed by atoms with van der Waals surface area (Å²) < 4.78 is 0. The monoisotopic (exact) mass is 417 g/mol. The fourth-order valence-corrected chi connectivity index (χ4v) is 2.92. The lowest BCUT2D eigenvalue weighted by atomic mass is 10.2. The summed E-state index contributed by atoms with van der Waals surface area (Å²) in [5, 5.41) is 8.73. The number of halogens is 1. The van der Waals surface area contributed by atoms with Crippen LogP contribution in [0, 0.1) is 6.92 Å². The van der Waals surface area contributed by atoms with E-state index in [-0.39, 0.29) is 30.8 Å². The minimum absolute atomic E-state index is 0.148. The molecule has 4 N–H and O–H groups in total. The topological polar surface area (TPSA) is 91.7 Å². The number of hydrogen-bond acceptors (Lipinski definition) is 3. The van der Waals surface area contributed by atoms with Crippen LogP contribution in [-0.2, 0) is 9.59 Å². The standard InChI is InChI=1S/C21H25ClN4O3/c1-4-26(13-20(28)25-18-11-16(22)8-5-14(18)2)12-19(27)24-17-9-6-15(7-10-17)21(29)23-3/h5-11H,4,12-13H2,1-3H3,(H,23,29)(H,24,27)(H,25,28)/p+1. The minimum Gasteiger partial charge on any atom is -0.355 e. The molecule has 2 aromatic carbocycles. The van der Waals surface area contributed by atoms with Crippen molar-refractivity contribution in [2.45, 2.75) is 13.8 Å². The quantitative estimate of drug-likeness (QED) is 0.524. The highest BCUT2D eigenvalue weighted by Gasteiger charge is 2.17. The van der Waals surface area contributed by atoms with Crippen molar-refractivity contribution in [1.29, 1.82) is 0 Å². The first kappa shape index (κ1) is 22.4. The van der Waals surface area contributed by atoms with E-state index in [9.17, 15) is 14.4 Å². The van der Waals surface area contributed by atoms with Gasteiger partial charge in [0.05, 0.1) is 6.54 Å². The summed E-state index contributed by atoms with van der Waals surface area (Å²) in [5.74, 6) is -0.582. The fourth-order valence-electron chi connectivity index (χ4n) is 2.74. The number of benzene rings is 2. The first-order valence-electron chi connectivity index (χ1n) is 9.34. The molecule has 2 rings (SSSR count). The average molecular weight is 418 g/mol. The Kier molecular flexibility index (Phi) is 8.18. The van der Waals surface area contributed by atoms with Gasteiger partial charge in [-0.25, -0.2) is 0 Å².